The van der Waals surface area contributed by atoms with Gasteiger partial charge in [0.25, 0.3) is 0 Å². The van der Waals surface area contributed by atoms with Crippen LogP contribution in [0.1, 0.15) is 53.0 Å². The maximum atomic E-state index is 4.64. The van der Waals surface area contributed by atoms with Crippen molar-refractivity contribution >= 4 is 5.82 Å². The minimum Gasteiger partial charge on any atom is -0.357 e. The van der Waals surface area contributed by atoms with Gasteiger partial charge < -0.3 is 10.2 Å². The van der Waals surface area contributed by atoms with Gasteiger partial charge in [0.05, 0.1) is 0 Å². The van der Waals surface area contributed by atoms with Crippen LogP contribution in [0.15, 0.2) is 18.3 Å². The lowest BCUT2D eigenvalue weighted by atomic mass is 9.83. The third-order valence-corrected chi connectivity index (χ3v) is 4.07. The van der Waals surface area contributed by atoms with E-state index in [1.165, 1.54) is 18.4 Å². The molecule has 0 bridgehead atoms. The van der Waals surface area contributed by atoms with E-state index in [9.17, 15) is 0 Å². The van der Waals surface area contributed by atoms with Crippen LogP contribution in [0.25, 0.3) is 0 Å². The van der Waals surface area contributed by atoms with E-state index in [-0.39, 0.29) is 5.54 Å². The van der Waals surface area contributed by atoms with Gasteiger partial charge >= 0.3 is 0 Å². The quantitative estimate of drug-likeness (QED) is 0.913. The Hall–Kier alpha value is -1.09. The average Bonchev–Trinajstić information content (AvgIpc) is 2.36. The highest BCUT2D eigenvalue weighted by Crippen LogP contribution is 2.31. The molecular weight excluding hydrogens is 246 g/mol. The van der Waals surface area contributed by atoms with Crippen molar-refractivity contribution in [1.29, 1.82) is 0 Å². The van der Waals surface area contributed by atoms with E-state index in [2.05, 4.69) is 62.0 Å². The highest BCUT2D eigenvalue weighted by Gasteiger charge is 2.25. The van der Waals surface area contributed by atoms with E-state index in [1.807, 2.05) is 6.20 Å². The van der Waals surface area contributed by atoms with Crippen molar-refractivity contribution in [2.75, 3.05) is 18.0 Å². The summed E-state index contributed by atoms with van der Waals surface area (Å²) in [5, 5.41) is 3.49. The van der Waals surface area contributed by atoms with Gasteiger partial charge in [-0.3, -0.25) is 0 Å². The van der Waals surface area contributed by atoms with Crippen molar-refractivity contribution in [2.45, 2.75) is 59.5 Å². The zero-order valence-electron chi connectivity index (χ0n) is 13.7. The molecule has 3 heteroatoms. The zero-order valence-corrected chi connectivity index (χ0v) is 13.7. The average molecular weight is 275 g/mol. The highest BCUT2D eigenvalue weighted by molar-refractivity contribution is 5.39. The van der Waals surface area contributed by atoms with E-state index in [0.717, 1.165) is 25.5 Å². The van der Waals surface area contributed by atoms with Gasteiger partial charge in [-0.2, -0.15) is 0 Å². The molecule has 2 rings (SSSR count). The first-order valence-corrected chi connectivity index (χ1v) is 7.70. The Balaban J connectivity index is 1.92. The van der Waals surface area contributed by atoms with E-state index >= 15 is 0 Å². The van der Waals surface area contributed by atoms with Crippen LogP contribution < -0.4 is 10.2 Å². The van der Waals surface area contributed by atoms with Crippen LogP contribution in [-0.2, 0) is 6.54 Å². The van der Waals surface area contributed by atoms with Crippen LogP contribution in [0.2, 0.25) is 0 Å². The maximum Gasteiger partial charge on any atom is 0.128 e. The number of nitrogens with zero attached hydrogens (tertiary/aromatic N) is 2. The number of aromatic nitrogens is 1. The zero-order chi connectivity index (χ0) is 14.8. The van der Waals surface area contributed by atoms with Gasteiger partial charge in [-0.05, 0) is 50.7 Å². The second kappa shape index (κ2) is 5.72. The van der Waals surface area contributed by atoms with Crippen molar-refractivity contribution in [1.82, 2.24) is 10.3 Å². The SMILES string of the molecule is CC1(C)CCN(c2ccc(CNC(C)(C)C)cn2)CC1. The Morgan fingerprint density at radius 1 is 1.20 bits per heavy atom. The molecule has 0 saturated carbocycles. The molecule has 1 fully saturated rings. The molecular formula is C17H29N3. The van der Waals surface area contributed by atoms with Crippen LogP contribution in [0.5, 0.6) is 0 Å². The first kappa shape index (κ1) is 15.3. The monoisotopic (exact) mass is 275 g/mol. The molecule has 0 unspecified atom stereocenters. The largest absolute Gasteiger partial charge is 0.357 e. The Morgan fingerprint density at radius 2 is 1.85 bits per heavy atom. The second-order valence-corrected chi connectivity index (χ2v) is 7.78. The molecule has 0 aromatic carbocycles. The fourth-order valence-electron chi connectivity index (χ4n) is 2.42. The van der Waals surface area contributed by atoms with E-state index in [1.54, 1.807) is 0 Å². The molecule has 1 aliphatic heterocycles. The lowest BCUT2D eigenvalue weighted by Crippen LogP contribution is -2.37. The summed E-state index contributed by atoms with van der Waals surface area (Å²) in [6.45, 7) is 14.4. The predicted molar refractivity (Wildman–Crippen MR) is 86.1 cm³/mol. The van der Waals surface area contributed by atoms with Gasteiger partial charge in [0.15, 0.2) is 0 Å². The fourth-order valence-corrected chi connectivity index (χ4v) is 2.42. The molecule has 1 aromatic heterocycles. The number of rotatable bonds is 3. The summed E-state index contributed by atoms with van der Waals surface area (Å²) < 4.78 is 0. The third-order valence-electron chi connectivity index (χ3n) is 4.07. The molecule has 1 aliphatic rings. The number of piperidine rings is 1. The summed E-state index contributed by atoms with van der Waals surface area (Å²) in [5.74, 6) is 1.13. The molecule has 1 saturated heterocycles. The predicted octanol–water partition coefficient (Wildman–Crippen LogP) is 3.60. The lowest BCUT2D eigenvalue weighted by Gasteiger charge is -2.37. The van der Waals surface area contributed by atoms with Gasteiger partial charge in [-0.15, -0.1) is 0 Å². The van der Waals surface area contributed by atoms with Gasteiger partial charge in [-0.1, -0.05) is 19.9 Å². The number of nitrogens with one attached hydrogen (secondary N) is 1. The minimum atomic E-state index is 0.150. The molecule has 3 nitrogen and oxygen atoms in total. The minimum absolute atomic E-state index is 0.150. The summed E-state index contributed by atoms with van der Waals surface area (Å²) in [4.78, 5) is 7.05. The molecule has 0 radical (unpaired) electrons. The van der Waals surface area contributed by atoms with Crippen molar-refractivity contribution in [3.05, 3.63) is 23.9 Å². The van der Waals surface area contributed by atoms with Crippen molar-refractivity contribution in [2.24, 2.45) is 5.41 Å². The summed E-state index contributed by atoms with van der Waals surface area (Å²) in [5.41, 5.74) is 1.89. The van der Waals surface area contributed by atoms with Crippen LogP contribution in [0.4, 0.5) is 5.82 Å². The molecule has 20 heavy (non-hydrogen) atoms. The van der Waals surface area contributed by atoms with Gasteiger partial charge in [0.2, 0.25) is 0 Å². The first-order chi connectivity index (χ1) is 9.25. The summed E-state index contributed by atoms with van der Waals surface area (Å²) in [7, 11) is 0. The van der Waals surface area contributed by atoms with Crippen LogP contribution >= 0.6 is 0 Å². The Bertz CT molecular complexity index is 419. The van der Waals surface area contributed by atoms with Crippen molar-refractivity contribution in [3.63, 3.8) is 0 Å². The van der Waals surface area contributed by atoms with E-state index in [0.29, 0.717) is 5.41 Å². The van der Waals surface area contributed by atoms with E-state index < -0.39 is 0 Å². The van der Waals surface area contributed by atoms with Crippen LogP contribution in [-0.4, -0.2) is 23.6 Å². The Labute approximate surface area is 123 Å². The molecule has 0 atom stereocenters. The van der Waals surface area contributed by atoms with Crippen LogP contribution in [0, 0.1) is 5.41 Å². The third kappa shape index (κ3) is 4.48. The standard InChI is InChI=1S/C17H29N3/c1-16(2,3)19-13-14-6-7-15(18-12-14)20-10-8-17(4,5)9-11-20/h6-7,12,19H,8-11,13H2,1-5H3. The molecule has 0 spiro atoms. The second-order valence-electron chi connectivity index (χ2n) is 7.78. The number of pyridine rings is 1. The van der Waals surface area contributed by atoms with E-state index in [4.69, 9.17) is 0 Å². The first-order valence-electron chi connectivity index (χ1n) is 7.70. The van der Waals surface area contributed by atoms with Gasteiger partial charge in [-0.25, -0.2) is 4.98 Å². The number of anilines is 1. The lowest BCUT2D eigenvalue weighted by molar-refractivity contribution is 0.279. The topological polar surface area (TPSA) is 28.2 Å². The Kier molecular flexibility index (Phi) is 4.38. The molecule has 1 aromatic rings. The number of hydrogen-bond donors (Lipinski definition) is 1. The molecule has 2 heterocycles. The van der Waals surface area contributed by atoms with Crippen molar-refractivity contribution < 1.29 is 0 Å². The van der Waals surface area contributed by atoms with Crippen LogP contribution in [0.3, 0.4) is 0 Å². The Morgan fingerprint density at radius 3 is 2.35 bits per heavy atom. The fraction of sp³-hybridized carbons (Fsp3) is 0.706. The summed E-state index contributed by atoms with van der Waals surface area (Å²) in [6, 6.07) is 4.36. The summed E-state index contributed by atoms with van der Waals surface area (Å²) >= 11 is 0. The molecule has 0 amide bonds. The van der Waals surface area contributed by atoms with Gasteiger partial charge in [0, 0.05) is 31.4 Å². The smallest absolute Gasteiger partial charge is 0.128 e. The number of hydrogen-bond acceptors (Lipinski definition) is 3. The van der Waals surface area contributed by atoms with Crippen molar-refractivity contribution in [3.8, 4) is 0 Å². The molecule has 0 aliphatic carbocycles. The van der Waals surface area contributed by atoms with Gasteiger partial charge in [0.1, 0.15) is 5.82 Å². The molecule has 112 valence electrons. The molecule has 1 N–H and O–H groups in total. The summed E-state index contributed by atoms with van der Waals surface area (Å²) in [6.07, 6.45) is 4.51. The highest BCUT2D eigenvalue weighted by atomic mass is 15.2. The maximum absolute atomic E-state index is 4.64. The normalized spacial score (nSPS) is 19.1.